The van der Waals surface area contributed by atoms with Gasteiger partial charge >= 0.3 is 6.09 Å². The molecular weight excluding hydrogens is 186 g/mol. The van der Waals surface area contributed by atoms with Crippen molar-refractivity contribution in [3.8, 4) is 0 Å². The van der Waals surface area contributed by atoms with Gasteiger partial charge in [-0.1, -0.05) is 18.2 Å². The number of hydrogen-bond donors (Lipinski definition) is 2. The van der Waals surface area contributed by atoms with E-state index in [9.17, 15) is 4.79 Å². The highest BCUT2D eigenvalue weighted by atomic mass is 32.2. The molecule has 3 nitrogen and oxygen atoms in total. The van der Waals surface area contributed by atoms with E-state index >= 15 is 0 Å². The van der Waals surface area contributed by atoms with Crippen LogP contribution < -0.4 is 5.32 Å². The van der Waals surface area contributed by atoms with Crippen LogP contribution in [0.3, 0.4) is 0 Å². The van der Waals surface area contributed by atoms with Gasteiger partial charge in [-0.05, 0) is 17.9 Å². The zero-order valence-electron chi connectivity index (χ0n) is 7.28. The van der Waals surface area contributed by atoms with Gasteiger partial charge in [0.25, 0.3) is 0 Å². The highest BCUT2D eigenvalue weighted by Gasteiger charge is 2.01. The molecule has 4 heteroatoms. The third-order valence-corrected chi connectivity index (χ3v) is 2.46. The van der Waals surface area contributed by atoms with Crippen molar-refractivity contribution in [2.45, 2.75) is 11.4 Å². The molecule has 70 valence electrons. The van der Waals surface area contributed by atoms with Crippen LogP contribution in [0.1, 0.15) is 5.56 Å². The van der Waals surface area contributed by atoms with E-state index in [0.717, 1.165) is 10.5 Å². The summed E-state index contributed by atoms with van der Waals surface area (Å²) in [6.45, 7) is 0.367. The van der Waals surface area contributed by atoms with Crippen molar-refractivity contribution < 1.29 is 9.90 Å². The Morgan fingerprint density at radius 2 is 2.23 bits per heavy atom. The summed E-state index contributed by atoms with van der Waals surface area (Å²) in [6.07, 6.45) is 0.982. The van der Waals surface area contributed by atoms with Gasteiger partial charge in [-0.15, -0.1) is 11.8 Å². The average molecular weight is 197 g/mol. The van der Waals surface area contributed by atoms with Crippen molar-refractivity contribution in [1.29, 1.82) is 0 Å². The largest absolute Gasteiger partial charge is 0.465 e. The number of hydrogen-bond acceptors (Lipinski definition) is 2. The summed E-state index contributed by atoms with van der Waals surface area (Å²) in [4.78, 5) is 11.4. The first-order chi connectivity index (χ1) is 6.24. The third-order valence-electron chi connectivity index (χ3n) is 1.62. The Hall–Kier alpha value is -1.16. The van der Waals surface area contributed by atoms with Crippen molar-refractivity contribution in [3.63, 3.8) is 0 Å². The molecule has 0 aromatic heterocycles. The van der Waals surface area contributed by atoms with Crippen molar-refractivity contribution in [3.05, 3.63) is 29.8 Å². The van der Waals surface area contributed by atoms with Crippen molar-refractivity contribution in [1.82, 2.24) is 5.32 Å². The Labute approximate surface area is 81.2 Å². The molecule has 1 aromatic carbocycles. The van der Waals surface area contributed by atoms with Gasteiger partial charge in [-0.25, -0.2) is 4.79 Å². The molecule has 0 aliphatic heterocycles. The molecule has 0 fully saturated rings. The van der Waals surface area contributed by atoms with Crippen molar-refractivity contribution in [2.24, 2.45) is 0 Å². The van der Waals surface area contributed by atoms with Crippen LogP contribution in [0.2, 0.25) is 0 Å². The Morgan fingerprint density at radius 1 is 1.54 bits per heavy atom. The molecule has 0 spiro atoms. The van der Waals surface area contributed by atoms with Gasteiger partial charge in [-0.2, -0.15) is 0 Å². The maximum absolute atomic E-state index is 10.3. The second kappa shape index (κ2) is 4.77. The molecule has 0 atom stereocenters. The van der Waals surface area contributed by atoms with E-state index in [4.69, 9.17) is 5.11 Å². The van der Waals surface area contributed by atoms with Gasteiger partial charge in [0.2, 0.25) is 0 Å². The Kier molecular flexibility index (Phi) is 3.64. The van der Waals surface area contributed by atoms with E-state index in [1.807, 2.05) is 30.5 Å². The minimum Gasteiger partial charge on any atom is -0.465 e. The minimum absolute atomic E-state index is 0.367. The van der Waals surface area contributed by atoms with Crippen molar-refractivity contribution >= 4 is 17.9 Å². The molecular formula is C9H11NO2S. The highest BCUT2D eigenvalue weighted by Crippen LogP contribution is 2.19. The summed E-state index contributed by atoms with van der Waals surface area (Å²) in [6, 6.07) is 7.74. The van der Waals surface area contributed by atoms with Crippen LogP contribution >= 0.6 is 11.8 Å². The van der Waals surface area contributed by atoms with E-state index in [1.54, 1.807) is 11.8 Å². The number of nitrogens with one attached hydrogen (secondary N) is 1. The van der Waals surface area contributed by atoms with Gasteiger partial charge in [0.15, 0.2) is 0 Å². The van der Waals surface area contributed by atoms with E-state index in [-0.39, 0.29) is 0 Å². The minimum atomic E-state index is -0.990. The van der Waals surface area contributed by atoms with Crippen LogP contribution in [0.25, 0.3) is 0 Å². The number of rotatable bonds is 3. The third kappa shape index (κ3) is 2.99. The normalized spacial score (nSPS) is 9.62. The number of amides is 1. The maximum Gasteiger partial charge on any atom is 0.404 e. The van der Waals surface area contributed by atoms with Crippen LogP contribution in [0.5, 0.6) is 0 Å². The van der Waals surface area contributed by atoms with Crippen LogP contribution in [-0.2, 0) is 6.54 Å². The maximum atomic E-state index is 10.3. The topological polar surface area (TPSA) is 49.3 Å². The fourth-order valence-corrected chi connectivity index (χ4v) is 1.64. The van der Waals surface area contributed by atoms with Crippen LogP contribution in [0.4, 0.5) is 4.79 Å². The van der Waals surface area contributed by atoms with E-state index in [0.29, 0.717) is 6.54 Å². The smallest absolute Gasteiger partial charge is 0.404 e. The lowest BCUT2D eigenvalue weighted by atomic mass is 10.2. The van der Waals surface area contributed by atoms with E-state index < -0.39 is 6.09 Å². The summed E-state index contributed by atoms with van der Waals surface area (Å²) in [5.74, 6) is 0. The molecule has 0 saturated heterocycles. The second-order valence-corrected chi connectivity index (χ2v) is 3.32. The molecule has 0 heterocycles. The molecule has 0 aliphatic carbocycles. The monoisotopic (exact) mass is 197 g/mol. The van der Waals surface area contributed by atoms with E-state index in [2.05, 4.69) is 5.32 Å². The second-order valence-electron chi connectivity index (χ2n) is 2.47. The number of carboxylic acid groups (broad SMARTS) is 1. The fraction of sp³-hybridized carbons (Fsp3) is 0.222. The first-order valence-electron chi connectivity index (χ1n) is 3.82. The Morgan fingerprint density at radius 3 is 2.85 bits per heavy atom. The summed E-state index contributed by atoms with van der Waals surface area (Å²) in [7, 11) is 0. The Balaban J connectivity index is 2.69. The number of carbonyl (C=O) groups is 1. The van der Waals surface area contributed by atoms with Crippen LogP contribution in [0.15, 0.2) is 29.2 Å². The van der Waals surface area contributed by atoms with Crippen molar-refractivity contribution in [2.75, 3.05) is 6.26 Å². The molecule has 2 N–H and O–H groups in total. The molecule has 0 aliphatic rings. The standard InChI is InChI=1S/C9H11NO2S/c1-13-8-5-3-2-4-7(8)6-10-9(11)12/h2-5,10H,6H2,1H3,(H,11,12). The molecule has 0 saturated carbocycles. The van der Waals surface area contributed by atoms with E-state index in [1.165, 1.54) is 0 Å². The lowest BCUT2D eigenvalue weighted by molar-refractivity contribution is 0.194. The highest BCUT2D eigenvalue weighted by molar-refractivity contribution is 7.98. The molecule has 0 unspecified atom stereocenters. The van der Waals surface area contributed by atoms with Gasteiger partial charge < -0.3 is 10.4 Å². The lowest BCUT2D eigenvalue weighted by Gasteiger charge is -2.05. The lowest BCUT2D eigenvalue weighted by Crippen LogP contribution is -2.20. The average Bonchev–Trinajstić information content (AvgIpc) is 2.15. The molecule has 1 amide bonds. The number of benzene rings is 1. The van der Waals surface area contributed by atoms with Crippen LogP contribution in [0, 0.1) is 0 Å². The first kappa shape index (κ1) is 9.92. The zero-order chi connectivity index (χ0) is 9.68. The number of thioether (sulfide) groups is 1. The SMILES string of the molecule is CSc1ccccc1CNC(=O)O. The zero-order valence-corrected chi connectivity index (χ0v) is 8.10. The quantitative estimate of drug-likeness (QED) is 0.730. The van der Waals surface area contributed by atoms with Gasteiger partial charge in [0, 0.05) is 11.4 Å². The van der Waals surface area contributed by atoms with Gasteiger partial charge in [0.05, 0.1) is 0 Å². The molecule has 0 radical (unpaired) electrons. The van der Waals surface area contributed by atoms with Crippen LogP contribution in [-0.4, -0.2) is 17.5 Å². The first-order valence-corrected chi connectivity index (χ1v) is 5.05. The summed E-state index contributed by atoms with van der Waals surface area (Å²) >= 11 is 1.61. The summed E-state index contributed by atoms with van der Waals surface area (Å²) in [5, 5.41) is 10.8. The molecule has 0 bridgehead atoms. The van der Waals surface area contributed by atoms with Gasteiger partial charge in [-0.3, -0.25) is 0 Å². The fourth-order valence-electron chi connectivity index (χ4n) is 1.02. The predicted molar refractivity (Wildman–Crippen MR) is 53.1 cm³/mol. The van der Waals surface area contributed by atoms with Gasteiger partial charge in [0.1, 0.15) is 0 Å². The predicted octanol–water partition coefficient (Wildman–Crippen LogP) is 2.18. The molecule has 1 aromatic rings. The summed E-state index contributed by atoms with van der Waals surface area (Å²) in [5.41, 5.74) is 1.01. The molecule has 13 heavy (non-hydrogen) atoms. The molecule has 1 rings (SSSR count). The summed E-state index contributed by atoms with van der Waals surface area (Å²) < 4.78 is 0. The Bertz CT molecular complexity index is 301.